The lowest BCUT2D eigenvalue weighted by Crippen LogP contribution is -1.98. The normalized spacial score (nSPS) is 10.3. The zero-order valence-corrected chi connectivity index (χ0v) is 8.46. The molecule has 15 heavy (non-hydrogen) atoms. The molecule has 0 radical (unpaired) electrons. The lowest BCUT2D eigenvalue weighted by atomic mass is 10.2. The Morgan fingerprint density at radius 3 is 2.87 bits per heavy atom. The van der Waals surface area contributed by atoms with Crippen molar-refractivity contribution < 1.29 is 8.81 Å². The summed E-state index contributed by atoms with van der Waals surface area (Å²) < 4.78 is 18.1. The predicted octanol–water partition coefficient (Wildman–Crippen LogP) is 3.34. The summed E-state index contributed by atoms with van der Waals surface area (Å²) in [6.07, 6.45) is 1.63. The van der Waals surface area contributed by atoms with Gasteiger partial charge in [-0.05, 0) is 42.8 Å². The summed E-state index contributed by atoms with van der Waals surface area (Å²) in [5.74, 6) is 0.676. The highest BCUT2D eigenvalue weighted by Gasteiger charge is 1.99. The topological polar surface area (TPSA) is 25.2 Å². The van der Waals surface area contributed by atoms with Crippen LogP contribution in [0.4, 0.5) is 10.1 Å². The zero-order valence-electron chi connectivity index (χ0n) is 8.46. The van der Waals surface area contributed by atoms with Crippen LogP contribution < -0.4 is 5.32 Å². The van der Waals surface area contributed by atoms with Gasteiger partial charge in [0, 0.05) is 5.69 Å². The minimum Gasteiger partial charge on any atom is -0.467 e. The smallest absolute Gasteiger partial charge is 0.126 e. The fraction of sp³-hybridized carbons (Fsp3) is 0.167. The van der Waals surface area contributed by atoms with Gasteiger partial charge in [0.2, 0.25) is 0 Å². The molecular weight excluding hydrogens is 193 g/mol. The van der Waals surface area contributed by atoms with Gasteiger partial charge in [-0.25, -0.2) is 4.39 Å². The third-order valence-corrected chi connectivity index (χ3v) is 2.20. The number of aryl methyl sites for hydroxylation is 1. The van der Waals surface area contributed by atoms with Crippen LogP contribution in [0.5, 0.6) is 0 Å². The second kappa shape index (κ2) is 4.17. The maximum Gasteiger partial charge on any atom is 0.126 e. The fourth-order valence-corrected chi connectivity index (χ4v) is 1.36. The Morgan fingerprint density at radius 2 is 2.20 bits per heavy atom. The van der Waals surface area contributed by atoms with Crippen LogP contribution in [0.1, 0.15) is 11.3 Å². The molecule has 0 unspecified atom stereocenters. The third-order valence-electron chi connectivity index (χ3n) is 2.20. The number of rotatable bonds is 3. The molecule has 0 saturated carbocycles. The van der Waals surface area contributed by atoms with Crippen LogP contribution in [0.2, 0.25) is 0 Å². The van der Waals surface area contributed by atoms with Crippen molar-refractivity contribution in [2.75, 3.05) is 5.32 Å². The van der Waals surface area contributed by atoms with Crippen LogP contribution in [0.25, 0.3) is 0 Å². The molecule has 0 bridgehead atoms. The molecule has 1 aromatic heterocycles. The second-order valence-corrected chi connectivity index (χ2v) is 3.40. The van der Waals surface area contributed by atoms with Gasteiger partial charge < -0.3 is 9.73 Å². The maximum absolute atomic E-state index is 13.0. The Kier molecular flexibility index (Phi) is 2.72. The summed E-state index contributed by atoms with van der Waals surface area (Å²) in [7, 11) is 0. The Morgan fingerprint density at radius 1 is 1.33 bits per heavy atom. The van der Waals surface area contributed by atoms with Crippen molar-refractivity contribution in [2.24, 2.45) is 0 Å². The molecule has 3 heteroatoms. The number of halogens is 1. The van der Waals surface area contributed by atoms with Gasteiger partial charge in [0.05, 0.1) is 12.8 Å². The van der Waals surface area contributed by atoms with Crippen molar-refractivity contribution in [1.82, 2.24) is 0 Å². The first-order valence-corrected chi connectivity index (χ1v) is 4.78. The summed E-state index contributed by atoms with van der Waals surface area (Å²) in [5, 5.41) is 3.15. The number of nitrogens with one attached hydrogen (secondary N) is 1. The molecule has 2 nitrogen and oxygen atoms in total. The van der Waals surface area contributed by atoms with Crippen LogP contribution >= 0.6 is 0 Å². The largest absolute Gasteiger partial charge is 0.467 e. The van der Waals surface area contributed by atoms with Crippen molar-refractivity contribution in [2.45, 2.75) is 13.5 Å². The first-order valence-electron chi connectivity index (χ1n) is 4.78. The van der Waals surface area contributed by atoms with E-state index in [1.54, 1.807) is 25.3 Å². The summed E-state index contributed by atoms with van der Waals surface area (Å²) in [4.78, 5) is 0. The van der Waals surface area contributed by atoms with Gasteiger partial charge in [-0.15, -0.1) is 0 Å². The van der Waals surface area contributed by atoms with E-state index in [4.69, 9.17) is 4.42 Å². The first kappa shape index (κ1) is 9.77. The van der Waals surface area contributed by atoms with Crippen molar-refractivity contribution in [3.63, 3.8) is 0 Å². The molecule has 0 aliphatic carbocycles. The number of hydrogen-bond acceptors (Lipinski definition) is 2. The van der Waals surface area contributed by atoms with E-state index in [0.29, 0.717) is 12.1 Å². The van der Waals surface area contributed by atoms with Crippen LogP contribution in [0.3, 0.4) is 0 Å². The van der Waals surface area contributed by atoms with E-state index in [1.165, 1.54) is 6.07 Å². The predicted molar refractivity (Wildman–Crippen MR) is 57.2 cm³/mol. The van der Waals surface area contributed by atoms with Gasteiger partial charge in [-0.1, -0.05) is 0 Å². The first-order chi connectivity index (χ1) is 7.25. The number of hydrogen-bond donors (Lipinski definition) is 1. The van der Waals surface area contributed by atoms with E-state index in [2.05, 4.69) is 5.32 Å². The van der Waals surface area contributed by atoms with Gasteiger partial charge in [0.25, 0.3) is 0 Å². The molecule has 1 N–H and O–H groups in total. The van der Waals surface area contributed by atoms with Crippen LogP contribution in [0, 0.1) is 12.7 Å². The highest BCUT2D eigenvalue weighted by molar-refractivity contribution is 5.45. The average Bonchev–Trinajstić information content (AvgIpc) is 2.73. The van der Waals surface area contributed by atoms with Crippen LogP contribution in [0.15, 0.2) is 41.0 Å². The average molecular weight is 205 g/mol. The molecule has 0 atom stereocenters. The Bertz CT molecular complexity index is 437. The molecule has 0 saturated heterocycles. The maximum atomic E-state index is 13.0. The lowest BCUT2D eigenvalue weighted by Gasteiger charge is -2.05. The standard InChI is InChI=1S/C12H12FNO/c1-9-7-10(4-5-12(9)13)14-8-11-3-2-6-15-11/h2-7,14H,8H2,1H3. The molecule has 0 spiro atoms. The number of benzene rings is 1. The molecular formula is C12H12FNO. The van der Waals surface area contributed by atoms with Crippen LogP contribution in [-0.2, 0) is 6.54 Å². The van der Waals surface area contributed by atoms with Gasteiger partial charge in [0.1, 0.15) is 11.6 Å². The molecule has 2 rings (SSSR count). The third kappa shape index (κ3) is 2.37. The molecule has 0 amide bonds. The van der Waals surface area contributed by atoms with Gasteiger partial charge in [-0.3, -0.25) is 0 Å². The van der Waals surface area contributed by atoms with Crippen molar-refractivity contribution >= 4 is 5.69 Å². The highest BCUT2D eigenvalue weighted by Crippen LogP contribution is 2.14. The molecule has 2 aromatic rings. The molecule has 0 aliphatic heterocycles. The molecule has 1 heterocycles. The monoisotopic (exact) mass is 205 g/mol. The molecule has 0 aliphatic rings. The summed E-state index contributed by atoms with van der Waals surface area (Å²) in [6.45, 7) is 2.35. The minimum atomic E-state index is -0.182. The van der Waals surface area contributed by atoms with Crippen molar-refractivity contribution in [3.05, 3.63) is 53.7 Å². The van der Waals surface area contributed by atoms with E-state index in [-0.39, 0.29) is 5.82 Å². The SMILES string of the molecule is Cc1cc(NCc2ccco2)ccc1F. The Balaban J connectivity index is 2.02. The fourth-order valence-electron chi connectivity index (χ4n) is 1.36. The van der Waals surface area contributed by atoms with Gasteiger partial charge >= 0.3 is 0 Å². The van der Waals surface area contributed by atoms with E-state index in [1.807, 2.05) is 12.1 Å². The van der Waals surface area contributed by atoms with Crippen LogP contribution in [-0.4, -0.2) is 0 Å². The lowest BCUT2D eigenvalue weighted by molar-refractivity contribution is 0.518. The Labute approximate surface area is 87.7 Å². The van der Waals surface area contributed by atoms with Crippen molar-refractivity contribution in [3.8, 4) is 0 Å². The van der Waals surface area contributed by atoms with E-state index < -0.39 is 0 Å². The summed E-state index contributed by atoms with van der Waals surface area (Å²) >= 11 is 0. The van der Waals surface area contributed by atoms with Crippen molar-refractivity contribution in [1.29, 1.82) is 0 Å². The number of anilines is 1. The molecule has 0 fully saturated rings. The minimum absolute atomic E-state index is 0.182. The highest BCUT2D eigenvalue weighted by atomic mass is 19.1. The summed E-state index contributed by atoms with van der Waals surface area (Å²) in [6, 6.07) is 8.68. The van der Waals surface area contributed by atoms with E-state index in [0.717, 1.165) is 11.4 Å². The summed E-state index contributed by atoms with van der Waals surface area (Å²) in [5.41, 5.74) is 1.53. The van der Waals surface area contributed by atoms with E-state index in [9.17, 15) is 4.39 Å². The number of furan rings is 1. The van der Waals surface area contributed by atoms with E-state index >= 15 is 0 Å². The zero-order chi connectivity index (χ0) is 10.7. The molecule has 1 aromatic carbocycles. The quantitative estimate of drug-likeness (QED) is 0.831. The Hall–Kier alpha value is -1.77. The molecule has 78 valence electrons. The second-order valence-electron chi connectivity index (χ2n) is 3.40. The van der Waals surface area contributed by atoms with Gasteiger partial charge in [0.15, 0.2) is 0 Å². The van der Waals surface area contributed by atoms with Gasteiger partial charge in [-0.2, -0.15) is 0 Å².